The summed E-state index contributed by atoms with van der Waals surface area (Å²) < 4.78 is 0. The van der Waals surface area contributed by atoms with Crippen molar-refractivity contribution >= 4 is 0 Å². The summed E-state index contributed by atoms with van der Waals surface area (Å²) in [7, 11) is 0. The standard InChI is InChI=1S/C13H18.C2H6.FH/c1-10(2)5-7-13-8-6-11(3)9-12(13)4;1-2;/h6,8-9H,1,5,7H2,2-4H3;1-2H3;1H. The van der Waals surface area contributed by atoms with Gasteiger partial charge in [0.2, 0.25) is 0 Å². The van der Waals surface area contributed by atoms with Gasteiger partial charge in [-0.15, -0.1) is 6.58 Å². The van der Waals surface area contributed by atoms with Gasteiger partial charge >= 0.3 is 0 Å². The van der Waals surface area contributed by atoms with Crippen LogP contribution in [0.3, 0.4) is 0 Å². The fourth-order valence-corrected chi connectivity index (χ4v) is 1.47. The van der Waals surface area contributed by atoms with Gasteiger partial charge in [0.25, 0.3) is 0 Å². The normalized spacial score (nSPS) is 8.56. The third-order valence-corrected chi connectivity index (χ3v) is 2.32. The molecule has 0 fully saturated rings. The Morgan fingerprint density at radius 3 is 2.19 bits per heavy atom. The number of allylic oxidation sites excluding steroid dienone is 1. The summed E-state index contributed by atoms with van der Waals surface area (Å²) in [6, 6.07) is 6.65. The maximum atomic E-state index is 3.92. The maximum Gasteiger partial charge on any atom is -0.0239 e. The Morgan fingerprint density at radius 1 is 1.19 bits per heavy atom. The average Bonchev–Trinajstić information content (AvgIpc) is 2.19. The van der Waals surface area contributed by atoms with Crippen molar-refractivity contribution in [2.24, 2.45) is 0 Å². The monoisotopic (exact) mass is 224 g/mol. The van der Waals surface area contributed by atoms with E-state index in [0.717, 1.165) is 12.8 Å². The van der Waals surface area contributed by atoms with Crippen molar-refractivity contribution in [1.82, 2.24) is 0 Å². The lowest BCUT2D eigenvalue weighted by Crippen LogP contribution is -1.90. The fraction of sp³-hybridized carbons (Fsp3) is 0.467. The van der Waals surface area contributed by atoms with E-state index in [1.807, 2.05) is 13.8 Å². The number of aryl methyl sites for hydroxylation is 3. The molecule has 0 radical (unpaired) electrons. The molecule has 1 heteroatoms. The van der Waals surface area contributed by atoms with Crippen LogP contribution < -0.4 is 0 Å². The first-order valence-corrected chi connectivity index (χ1v) is 5.80. The predicted octanol–water partition coefficient (Wildman–Crippen LogP) is 4.99. The Morgan fingerprint density at radius 2 is 1.75 bits per heavy atom. The largest absolute Gasteiger partial charge is 0.269 e. The summed E-state index contributed by atoms with van der Waals surface area (Å²) in [4.78, 5) is 0. The van der Waals surface area contributed by atoms with Gasteiger partial charge < -0.3 is 0 Å². The van der Waals surface area contributed by atoms with Crippen LogP contribution >= 0.6 is 0 Å². The molecule has 1 aromatic rings. The van der Waals surface area contributed by atoms with E-state index in [0.29, 0.717) is 0 Å². The van der Waals surface area contributed by atoms with Gasteiger partial charge in [-0.1, -0.05) is 43.2 Å². The molecule has 0 spiro atoms. The molecule has 0 saturated heterocycles. The van der Waals surface area contributed by atoms with Crippen LogP contribution in [0.5, 0.6) is 0 Å². The molecule has 0 saturated carbocycles. The molecule has 0 atom stereocenters. The summed E-state index contributed by atoms with van der Waals surface area (Å²) in [5.74, 6) is 0. The van der Waals surface area contributed by atoms with Crippen LogP contribution in [0.15, 0.2) is 30.4 Å². The molecule has 0 aliphatic rings. The van der Waals surface area contributed by atoms with Crippen LogP contribution in [-0.4, -0.2) is 0 Å². The topological polar surface area (TPSA) is 0 Å². The van der Waals surface area contributed by atoms with Gasteiger partial charge in [-0.05, 0) is 44.7 Å². The van der Waals surface area contributed by atoms with Crippen LogP contribution in [-0.2, 0) is 6.42 Å². The van der Waals surface area contributed by atoms with Crippen LogP contribution in [0.25, 0.3) is 0 Å². The molecule has 0 unspecified atom stereocenters. The minimum Gasteiger partial charge on any atom is -0.269 e. The zero-order chi connectivity index (χ0) is 11.8. The minimum absolute atomic E-state index is 0. The average molecular weight is 224 g/mol. The molecule has 1 aromatic carbocycles. The van der Waals surface area contributed by atoms with Crippen molar-refractivity contribution in [3.63, 3.8) is 0 Å². The van der Waals surface area contributed by atoms with Crippen molar-refractivity contribution in [3.8, 4) is 0 Å². The first-order chi connectivity index (χ1) is 7.09. The Hall–Kier alpha value is -1.11. The second kappa shape index (κ2) is 9.14. The van der Waals surface area contributed by atoms with E-state index in [1.165, 1.54) is 22.3 Å². The Labute approximate surface area is 99.8 Å². The SMILES string of the molecule is C=C(C)CCc1ccc(C)cc1C.CC.F. The van der Waals surface area contributed by atoms with Gasteiger partial charge in [-0.2, -0.15) is 0 Å². The third-order valence-electron chi connectivity index (χ3n) is 2.32. The molecule has 0 nitrogen and oxygen atoms in total. The van der Waals surface area contributed by atoms with Gasteiger partial charge in [0, 0.05) is 0 Å². The molecule has 0 heterocycles. The van der Waals surface area contributed by atoms with Crippen molar-refractivity contribution in [1.29, 1.82) is 0 Å². The van der Waals surface area contributed by atoms with Gasteiger partial charge in [0.1, 0.15) is 0 Å². The van der Waals surface area contributed by atoms with Crippen molar-refractivity contribution in [3.05, 3.63) is 47.0 Å². The minimum atomic E-state index is 0. The molecule has 0 aliphatic carbocycles. The quantitative estimate of drug-likeness (QED) is 0.634. The lowest BCUT2D eigenvalue weighted by Gasteiger charge is -2.06. The van der Waals surface area contributed by atoms with E-state index in [4.69, 9.17) is 0 Å². The molecule has 0 N–H and O–H groups in total. The lowest BCUT2D eigenvalue weighted by atomic mass is 10.00. The number of halogens is 1. The third kappa shape index (κ3) is 6.39. The second-order valence-electron chi connectivity index (χ2n) is 3.89. The van der Waals surface area contributed by atoms with E-state index in [1.54, 1.807) is 0 Å². The van der Waals surface area contributed by atoms with Crippen LogP contribution in [0.4, 0.5) is 4.70 Å². The lowest BCUT2D eigenvalue weighted by molar-refractivity contribution is 0.935. The first kappa shape index (κ1) is 17.3. The summed E-state index contributed by atoms with van der Waals surface area (Å²) >= 11 is 0. The van der Waals surface area contributed by atoms with E-state index < -0.39 is 0 Å². The van der Waals surface area contributed by atoms with Crippen molar-refractivity contribution in [2.75, 3.05) is 0 Å². The molecule has 0 aliphatic heterocycles. The van der Waals surface area contributed by atoms with Crippen LogP contribution in [0.2, 0.25) is 0 Å². The molecule has 0 aromatic heterocycles. The van der Waals surface area contributed by atoms with E-state index in [9.17, 15) is 0 Å². The van der Waals surface area contributed by atoms with Gasteiger partial charge in [-0.3, -0.25) is 4.70 Å². The van der Waals surface area contributed by atoms with Crippen LogP contribution in [0, 0.1) is 13.8 Å². The highest BCUT2D eigenvalue weighted by atomic mass is 19.0. The zero-order valence-electron chi connectivity index (χ0n) is 11.3. The van der Waals surface area contributed by atoms with Gasteiger partial charge in [0.15, 0.2) is 0 Å². The molecule has 16 heavy (non-hydrogen) atoms. The van der Waals surface area contributed by atoms with Crippen molar-refractivity contribution < 1.29 is 4.70 Å². The Balaban J connectivity index is 0. The number of hydrogen-bond donors (Lipinski definition) is 0. The van der Waals surface area contributed by atoms with Crippen molar-refractivity contribution in [2.45, 2.75) is 47.5 Å². The summed E-state index contributed by atoms with van der Waals surface area (Å²) in [6.45, 7) is 14.3. The second-order valence-corrected chi connectivity index (χ2v) is 3.89. The van der Waals surface area contributed by atoms with E-state index >= 15 is 0 Å². The van der Waals surface area contributed by atoms with Gasteiger partial charge in [0.05, 0.1) is 0 Å². The molecule has 0 bridgehead atoms. The summed E-state index contributed by atoms with van der Waals surface area (Å²) in [6.07, 6.45) is 2.23. The maximum absolute atomic E-state index is 3.92. The molecular formula is C15H25F. The fourth-order valence-electron chi connectivity index (χ4n) is 1.47. The van der Waals surface area contributed by atoms with Gasteiger partial charge in [-0.25, -0.2) is 0 Å². The molecule has 0 amide bonds. The van der Waals surface area contributed by atoms with E-state index in [2.05, 4.69) is 45.5 Å². The zero-order valence-corrected chi connectivity index (χ0v) is 11.3. The molecule has 92 valence electrons. The van der Waals surface area contributed by atoms with Crippen LogP contribution in [0.1, 0.15) is 43.9 Å². The Kier molecular flexibility index (Phi) is 9.88. The summed E-state index contributed by atoms with van der Waals surface area (Å²) in [5.41, 5.74) is 5.46. The smallest absolute Gasteiger partial charge is 0.0239 e. The number of hydrogen-bond acceptors (Lipinski definition) is 0. The number of rotatable bonds is 3. The first-order valence-electron chi connectivity index (χ1n) is 5.80. The Bertz CT molecular complexity index is 313. The highest BCUT2D eigenvalue weighted by Crippen LogP contribution is 2.14. The highest BCUT2D eigenvalue weighted by Gasteiger charge is 1.98. The molecular weight excluding hydrogens is 199 g/mol. The summed E-state index contributed by atoms with van der Waals surface area (Å²) in [5, 5.41) is 0. The highest BCUT2D eigenvalue weighted by molar-refractivity contribution is 5.30. The number of benzene rings is 1. The predicted molar refractivity (Wildman–Crippen MR) is 72.9 cm³/mol. The molecule has 1 rings (SSSR count). The van der Waals surface area contributed by atoms with E-state index in [-0.39, 0.29) is 4.70 Å².